The van der Waals surface area contributed by atoms with Crippen LogP contribution in [0.25, 0.3) is 11.1 Å². The number of fused-ring (bicyclic) bond motifs is 1. The van der Waals surface area contributed by atoms with Gasteiger partial charge in [0.1, 0.15) is 0 Å². The molecule has 50 heavy (non-hydrogen) atoms. The molecule has 1 saturated carbocycles. The summed E-state index contributed by atoms with van der Waals surface area (Å²) in [7, 11) is 0. The van der Waals surface area contributed by atoms with Gasteiger partial charge in [-0.3, -0.25) is 14.5 Å². The van der Waals surface area contributed by atoms with E-state index < -0.39 is 6.29 Å². The standard InChI is InChI=1S/C42H55N3O5/c1-27-38(25-45-36-13-9-7-10-31(36)22-23-37(45)40(48)44-42(3,4)5)49-41(50-39(27)32-16-14-29(26-46)15-17-32)33-20-18-30(19-21-33)35-12-8-6-11-34(35)24-43-28(2)47/h6,8,11-12,14-21,27,31,36-39,41,46H,7,9-10,13,22-26H2,1-5H3,(H,43,47)(H,44,48)/t27-,31+,36+,37+,38+,39+,41+/m0/s1. The fraction of sp³-hybridized carbons (Fsp3) is 0.524. The number of carbonyl (C=O) groups excluding carboxylic acids is 2. The molecule has 0 unspecified atom stereocenters. The van der Waals surface area contributed by atoms with E-state index in [0.717, 1.165) is 52.6 Å². The summed E-state index contributed by atoms with van der Waals surface area (Å²) >= 11 is 0. The molecule has 2 saturated heterocycles. The first-order valence-electron chi connectivity index (χ1n) is 18.5. The van der Waals surface area contributed by atoms with Crippen LogP contribution in [0.15, 0.2) is 72.8 Å². The predicted octanol–water partition coefficient (Wildman–Crippen LogP) is 7.21. The van der Waals surface area contributed by atoms with Gasteiger partial charge in [-0.25, -0.2) is 0 Å². The maximum absolute atomic E-state index is 13.8. The van der Waals surface area contributed by atoms with Crippen molar-refractivity contribution in [2.45, 2.75) is 122 Å². The van der Waals surface area contributed by atoms with Crippen LogP contribution in [-0.2, 0) is 32.2 Å². The van der Waals surface area contributed by atoms with Gasteiger partial charge in [0.05, 0.1) is 24.9 Å². The fourth-order valence-electron chi connectivity index (χ4n) is 8.26. The summed E-state index contributed by atoms with van der Waals surface area (Å²) in [5.41, 5.74) is 5.70. The van der Waals surface area contributed by atoms with Crippen molar-refractivity contribution in [1.29, 1.82) is 0 Å². The van der Waals surface area contributed by atoms with Crippen LogP contribution in [-0.4, -0.2) is 52.1 Å². The molecule has 7 atom stereocenters. The minimum atomic E-state index is -0.601. The molecule has 3 aliphatic rings. The first kappa shape index (κ1) is 36.2. The third-order valence-corrected chi connectivity index (χ3v) is 10.9. The number of hydrogen-bond donors (Lipinski definition) is 3. The molecular formula is C42H55N3O5. The highest BCUT2D eigenvalue weighted by Gasteiger charge is 2.46. The van der Waals surface area contributed by atoms with E-state index in [1.165, 1.54) is 26.2 Å². The van der Waals surface area contributed by atoms with E-state index in [1.807, 2.05) is 30.3 Å². The van der Waals surface area contributed by atoms with Crippen LogP contribution in [0.2, 0.25) is 0 Å². The number of hydrogen-bond acceptors (Lipinski definition) is 6. The number of carbonyl (C=O) groups is 2. The third kappa shape index (κ3) is 8.48. The maximum Gasteiger partial charge on any atom is 0.237 e. The molecule has 3 aromatic rings. The molecule has 0 spiro atoms. The van der Waals surface area contributed by atoms with Crippen LogP contribution in [0.3, 0.4) is 0 Å². The molecule has 0 radical (unpaired) electrons. The summed E-state index contributed by atoms with van der Waals surface area (Å²) < 4.78 is 13.8. The summed E-state index contributed by atoms with van der Waals surface area (Å²) in [6.45, 7) is 11.0. The quantitative estimate of drug-likeness (QED) is 0.221. The van der Waals surface area contributed by atoms with E-state index in [-0.39, 0.29) is 48.1 Å². The molecular weight excluding hydrogens is 626 g/mol. The minimum absolute atomic E-state index is 0.00839. The van der Waals surface area contributed by atoms with Gasteiger partial charge in [-0.1, -0.05) is 92.6 Å². The Hall–Kier alpha value is -3.56. The van der Waals surface area contributed by atoms with Crippen molar-refractivity contribution in [3.8, 4) is 11.1 Å². The Morgan fingerprint density at radius 3 is 2.28 bits per heavy atom. The molecule has 1 aliphatic carbocycles. The first-order valence-corrected chi connectivity index (χ1v) is 18.5. The molecule has 6 rings (SSSR count). The average Bonchev–Trinajstić information content (AvgIpc) is 3.11. The van der Waals surface area contributed by atoms with Gasteiger partial charge in [-0.2, -0.15) is 0 Å². The molecule has 2 amide bonds. The Kier molecular flexibility index (Phi) is 11.4. The van der Waals surface area contributed by atoms with E-state index in [1.54, 1.807) is 0 Å². The molecule has 3 aromatic carbocycles. The second-order valence-corrected chi connectivity index (χ2v) is 15.7. The van der Waals surface area contributed by atoms with E-state index in [4.69, 9.17) is 9.47 Å². The molecule has 8 heteroatoms. The highest BCUT2D eigenvalue weighted by Crippen LogP contribution is 2.44. The van der Waals surface area contributed by atoms with Gasteiger partial charge in [0.25, 0.3) is 0 Å². The van der Waals surface area contributed by atoms with Crippen LogP contribution in [0, 0.1) is 11.8 Å². The summed E-state index contributed by atoms with van der Waals surface area (Å²) in [5, 5.41) is 15.9. The highest BCUT2D eigenvalue weighted by atomic mass is 16.7. The number of aliphatic hydroxyl groups is 1. The topological polar surface area (TPSA) is 100 Å². The molecule has 2 aliphatic heterocycles. The van der Waals surface area contributed by atoms with Gasteiger partial charge in [-0.15, -0.1) is 0 Å². The molecule has 268 valence electrons. The Morgan fingerprint density at radius 2 is 1.58 bits per heavy atom. The van der Waals surface area contributed by atoms with Crippen molar-refractivity contribution < 1.29 is 24.2 Å². The number of aliphatic hydroxyl groups excluding tert-OH is 1. The van der Waals surface area contributed by atoms with Gasteiger partial charge in [0.15, 0.2) is 6.29 Å². The zero-order valence-electron chi connectivity index (χ0n) is 30.4. The van der Waals surface area contributed by atoms with Crippen molar-refractivity contribution in [1.82, 2.24) is 15.5 Å². The Labute approximate surface area is 297 Å². The van der Waals surface area contributed by atoms with Gasteiger partial charge in [-0.05, 0) is 80.2 Å². The SMILES string of the molecule is CC(=O)NCc1ccccc1-c1ccc([C@@H]2O[C@H](CN3[C@@H](C(=O)NC(C)(C)C)CC[C@H]4CCCC[C@H]43)[C@H](C)[C@H](c3ccc(CO)cc3)O2)cc1. The average molecular weight is 682 g/mol. The summed E-state index contributed by atoms with van der Waals surface area (Å²) in [6, 6.07) is 24.7. The molecule has 0 bridgehead atoms. The van der Waals surface area contributed by atoms with Crippen molar-refractivity contribution in [2.24, 2.45) is 11.8 Å². The number of piperidine rings is 1. The van der Waals surface area contributed by atoms with Crippen molar-refractivity contribution in [3.05, 3.63) is 95.1 Å². The number of amides is 2. The summed E-state index contributed by atoms with van der Waals surface area (Å²) in [4.78, 5) is 28.0. The highest BCUT2D eigenvalue weighted by molar-refractivity contribution is 5.82. The van der Waals surface area contributed by atoms with Crippen LogP contribution >= 0.6 is 0 Å². The number of benzene rings is 3. The zero-order valence-corrected chi connectivity index (χ0v) is 30.4. The number of nitrogens with zero attached hydrogens (tertiary/aromatic N) is 1. The number of likely N-dealkylation sites (tertiary alicyclic amines) is 1. The lowest BCUT2D eigenvalue weighted by atomic mass is 9.75. The number of ether oxygens (including phenoxy) is 2. The Morgan fingerprint density at radius 1 is 0.880 bits per heavy atom. The molecule has 2 heterocycles. The van der Waals surface area contributed by atoms with Crippen molar-refractivity contribution >= 4 is 11.8 Å². The Bertz CT molecular complexity index is 1600. The van der Waals surface area contributed by atoms with Crippen LogP contribution in [0.4, 0.5) is 0 Å². The normalized spacial score (nSPS) is 27.3. The lowest BCUT2D eigenvalue weighted by molar-refractivity contribution is -0.278. The maximum atomic E-state index is 13.8. The largest absolute Gasteiger partial charge is 0.392 e. The lowest BCUT2D eigenvalue weighted by Crippen LogP contribution is -2.61. The van der Waals surface area contributed by atoms with E-state index in [0.29, 0.717) is 25.0 Å². The lowest BCUT2D eigenvalue weighted by Gasteiger charge is -2.51. The second-order valence-electron chi connectivity index (χ2n) is 15.7. The third-order valence-electron chi connectivity index (χ3n) is 10.9. The fourth-order valence-corrected chi connectivity index (χ4v) is 8.26. The predicted molar refractivity (Wildman–Crippen MR) is 196 cm³/mol. The van der Waals surface area contributed by atoms with Crippen LogP contribution < -0.4 is 10.6 Å². The molecule has 3 fully saturated rings. The van der Waals surface area contributed by atoms with Gasteiger partial charge in [0.2, 0.25) is 11.8 Å². The van der Waals surface area contributed by atoms with E-state index >= 15 is 0 Å². The summed E-state index contributed by atoms with van der Waals surface area (Å²) in [5.74, 6) is 0.678. The minimum Gasteiger partial charge on any atom is -0.392 e. The van der Waals surface area contributed by atoms with E-state index in [9.17, 15) is 14.7 Å². The van der Waals surface area contributed by atoms with Gasteiger partial charge >= 0.3 is 0 Å². The second kappa shape index (κ2) is 15.8. The Balaban J connectivity index is 1.30. The smallest absolute Gasteiger partial charge is 0.237 e. The van der Waals surface area contributed by atoms with Crippen LogP contribution in [0.1, 0.15) is 108 Å². The van der Waals surface area contributed by atoms with Gasteiger partial charge in [0, 0.05) is 43.1 Å². The molecule has 0 aromatic heterocycles. The summed E-state index contributed by atoms with van der Waals surface area (Å²) in [6.07, 6.45) is 5.73. The molecule has 8 nitrogen and oxygen atoms in total. The number of nitrogens with one attached hydrogen (secondary N) is 2. The van der Waals surface area contributed by atoms with Gasteiger partial charge < -0.3 is 25.2 Å². The number of rotatable bonds is 9. The van der Waals surface area contributed by atoms with E-state index in [2.05, 4.69) is 85.7 Å². The molecule has 3 N–H and O–H groups in total. The van der Waals surface area contributed by atoms with Crippen LogP contribution in [0.5, 0.6) is 0 Å². The van der Waals surface area contributed by atoms with Crippen molar-refractivity contribution in [2.75, 3.05) is 6.54 Å². The van der Waals surface area contributed by atoms with Crippen molar-refractivity contribution in [3.63, 3.8) is 0 Å². The first-order chi connectivity index (χ1) is 24.0. The zero-order chi connectivity index (χ0) is 35.4. The monoisotopic (exact) mass is 681 g/mol.